The molecule has 1 fully saturated rings. The summed E-state index contributed by atoms with van der Waals surface area (Å²) in [5.74, 6) is -0.543. The number of carboxylic acids is 1. The van der Waals surface area contributed by atoms with Crippen molar-refractivity contribution >= 4 is 5.97 Å². The fourth-order valence-corrected chi connectivity index (χ4v) is 1.35. The van der Waals surface area contributed by atoms with E-state index in [2.05, 4.69) is 9.97 Å². The van der Waals surface area contributed by atoms with E-state index in [1.807, 2.05) is 6.92 Å². The molecule has 80 valence electrons. The highest BCUT2D eigenvalue weighted by Gasteiger charge is 2.27. The Morgan fingerprint density at radius 3 is 2.87 bits per heavy atom. The standard InChI is InChI=1S/C10H12N2O3/c1-2-15-8-5-7(6-3-4-6)11-9(12-8)10(13)14/h5-6H,2-4H2,1H3,(H,13,14). The molecule has 1 N–H and O–H groups in total. The molecule has 0 aromatic carbocycles. The van der Waals surface area contributed by atoms with E-state index >= 15 is 0 Å². The second-order valence-electron chi connectivity index (χ2n) is 3.47. The van der Waals surface area contributed by atoms with Gasteiger partial charge in [-0.1, -0.05) is 0 Å². The van der Waals surface area contributed by atoms with Crippen molar-refractivity contribution in [3.05, 3.63) is 17.6 Å². The first-order chi connectivity index (χ1) is 7.20. The van der Waals surface area contributed by atoms with Gasteiger partial charge in [-0.05, 0) is 19.8 Å². The number of aromatic nitrogens is 2. The third kappa shape index (κ3) is 2.23. The molecule has 15 heavy (non-hydrogen) atoms. The Labute approximate surface area is 87.1 Å². The maximum Gasteiger partial charge on any atom is 0.374 e. The molecule has 0 atom stereocenters. The van der Waals surface area contributed by atoms with Crippen LogP contribution in [-0.4, -0.2) is 27.7 Å². The summed E-state index contributed by atoms with van der Waals surface area (Å²) in [5, 5.41) is 8.82. The predicted molar refractivity (Wildman–Crippen MR) is 52.1 cm³/mol. The van der Waals surface area contributed by atoms with Crippen molar-refractivity contribution < 1.29 is 14.6 Å². The largest absolute Gasteiger partial charge is 0.478 e. The second kappa shape index (κ2) is 3.84. The number of nitrogens with zero attached hydrogens (tertiary/aromatic N) is 2. The van der Waals surface area contributed by atoms with Gasteiger partial charge in [-0.2, -0.15) is 4.98 Å². The van der Waals surface area contributed by atoms with Crippen molar-refractivity contribution in [2.75, 3.05) is 6.61 Å². The molecule has 1 aromatic rings. The molecule has 2 rings (SSSR count). The topological polar surface area (TPSA) is 72.3 Å². The van der Waals surface area contributed by atoms with Crippen molar-refractivity contribution in [3.8, 4) is 5.88 Å². The van der Waals surface area contributed by atoms with Crippen molar-refractivity contribution in [2.24, 2.45) is 0 Å². The van der Waals surface area contributed by atoms with E-state index in [0.29, 0.717) is 18.4 Å². The molecule has 0 spiro atoms. The van der Waals surface area contributed by atoms with Gasteiger partial charge in [0.25, 0.3) is 0 Å². The fraction of sp³-hybridized carbons (Fsp3) is 0.500. The third-order valence-electron chi connectivity index (χ3n) is 2.20. The Morgan fingerprint density at radius 2 is 2.33 bits per heavy atom. The maximum absolute atomic E-state index is 10.8. The molecule has 1 aromatic heterocycles. The van der Waals surface area contributed by atoms with Crippen LogP contribution in [0.3, 0.4) is 0 Å². The molecule has 0 amide bonds. The van der Waals surface area contributed by atoms with Gasteiger partial charge in [0.2, 0.25) is 11.7 Å². The lowest BCUT2D eigenvalue weighted by Crippen LogP contribution is -2.08. The molecule has 1 aliphatic rings. The van der Waals surface area contributed by atoms with Crippen LogP contribution in [0.4, 0.5) is 0 Å². The molecule has 5 heteroatoms. The van der Waals surface area contributed by atoms with E-state index in [1.165, 1.54) is 0 Å². The maximum atomic E-state index is 10.8. The average Bonchev–Trinajstić information content (AvgIpc) is 3.01. The van der Waals surface area contributed by atoms with E-state index in [-0.39, 0.29) is 5.82 Å². The van der Waals surface area contributed by atoms with Gasteiger partial charge in [0.15, 0.2) is 0 Å². The van der Waals surface area contributed by atoms with Crippen molar-refractivity contribution in [1.29, 1.82) is 0 Å². The zero-order chi connectivity index (χ0) is 10.8. The molecule has 1 heterocycles. The number of rotatable bonds is 4. The first kappa shape index (κ1) is 9.89. The zero-order valence-electron chi connectivity index (χ0n) is 8.43. The molecule has 0 aliphatic heterocycles. The lowest BCUT2D eigenvalue weighted by atomic mass is 10.3. The van der Waals surface area contributed by atoms with E-state index in [0.717, 1.165) is 18.5 Å². The summed E-state index contributed by atoms with van der Waals surface area (Å²) in [6.07, 6.45) is 2.14. The monoisotopic (exact) mass is 208 g/mol. The number of aromatic carboxylic acids is 1. The lowest BCUT2D eigenvalue weighted by Gasteiger charge is -2.05. The summed E-state index contributed by atoms with van der Waals surface area (Å²) in [4.78, 5) is 18.6. The van der Waals surface area contributed by atoms with Gasteiger partial charge in [0, 0.05) is 12.0 Å². The van der Waals surface area contributed by atoms with Crippen LogP contribution in [0.15, 0.2) is 6.07 Å². The number of carboxylic acid groups (broad SMARTS) is 1. The predicted octanol–water partition coefficient (Wildman–Crippen LogP) is 1.45. The first-order valence-electron chi connectivity index (χ1n) is 4.95. The van der Waals surface area contributed by atoms with E-state index < -0.39 is 5.97 Å². The molecular weight excluding hydrogens is 196 g/mol. The molecule has 0 saturated heterocycles. The number of ether oxygens (including phenoxy) is 1. The van der Waals surface area contributed by atoms with Gasteiger partial charge in [-0.3, -0.25) is 0 Å². The Hall–Kier alpha value is -1.65. The summed E-state index contributed by atoms with van der Waals surface area (Å²) in [6, 6.07) is 1.73. The van der Waals surface area contributed by atoms with E-state index in [1.54, 1.807) is 6.07 Å². The average molecular weight is 208 g/mol. The molecule has 0 radical (unpaired) electrons. The van der Waals surface area contributed by atoms with E-state index in [9.17, 15) is 4.79 Å². The van der Waals surface area contributed by atoms with Crippen LogP contribution >= 0.6 is 0 Å². The van der Waals surface area contributed by atoms with Gasteiger partial charge in [0.1, 0.15) is 0 Å². The molecule has 5 nitrogen and oxygen atoms in total. The minimum atomic E-state index is -1.11. The quantitative estimate of drug-likeness (QED) is 0.810. The summed E-state index contributed by atoms with van der Waals surface area (Å²) in [7, 11) is 0. The Kier molecular flexibility index (Phi) is 2.53. The molecule has 1 saturated carbocycles. The highest BCUT2D eigenvalue weighted by Crippen LogP contribution is 2.39. The van der Waals surface area contributed by atoms with Crippen LogP contribution in [0, 0.1) is 0 Å². The minimum Gasteiger partial charge on any atom is -0.478 e. The summed E-state index contributed by atoms with van der Waals surface area (Å²) < 4.78 is 5.20. The molecule has 0 unspecified atom stereocenters. The van der Waals surface area contributed by atoms with Gasteiger partial charge < -0.3 is 9.84 Å². The smallest absolute Gasteiger partial charge is 0.374 e. The van der Waals surface area contributed by atoms with Crippen molar-refractivity contribution in [2.45, 2.75) is 25.7 Å². The van der Waals surface area contributed by atoms with Crippen LogP contribution in [0.25, 0.3) is 0 Å². The summed E-state index contributed by atoms with van der Waals surface area (Å²) in [6.45, 7) is 2.31. The van der Waals surface area contributed by atoms with Crippen LogP contribution in [0.2, 0.25) is 0 Å². The minimum absolute atomic E-state index is 0.178. The Bertz CT molecular complexity index is 388. The Morgan fingerprint density at radius 1 is 1.60 bits per heavy atom. The number of carbonyl (C=O) groups is 1. The van der Waals surface area contributed by atoms with Crippen molar-refractivity contribution in [3.63, 3.8) is 0 Å². The van der Waals surface area contributed by atoms with Crippen LogP contribution in [0.1, 0.15) is 42.0 Å². The molecule has 0 bridgehead atoms. The van der Waals surface area contributed by atoms with Crippen LogP contribution < -0.4 is 4.74 Å². The summed E-state index contributed by atoms with van der Waals surface area (Å²) >= 11 is 0. The second-order valence-corrected chi connectivity index (χ2v) is 3.47. The van der Waals surface area contributed by atoms with Gasteiger partial charge >= 0.3 is 5.97 Å². The third-order valence-corrected chi connectivity index (χ3v) is 2.20. The lowest BCUT2D eigenvalue weighted by molar-refractivity contribution is 0.0681. The van der Waals surface area contributed by atoms with Crippen molar-refractivity contribution in [1.82, 2.24) is 9.97 Å². The number of hydrogen-bond acceptors (Lipinski definition) is 4. The Balaban J connectivity index is 2.34. The SMILES string of the molecule is CCOc1cc(C2CC2)nc(C(=O)O)n1. The van der Waals surface area contributed by atoms with Gasteiger partial charge in [-0.25, -0.2) is 9.78 Å². The molecular formula is C10H12N2O3. The van der Waals surface area contributed by atoms with E-state index in [4.69, 9.17) is 9.84 Å². The zero-order valence-corrected chi connectivity index (χ0v) is 8.43. The molecule has 1 aliphatic carbocycles. The van der Waals surface area contributed by atoms with Crippen LogP contribution in [0.5, 0.6) is 5.88 Å². The van der Waals surface area contributed by atoms with Gasteiger partial charge in [-0.15, -0.1) is 0 Å². The number of hydrogen-bond donors (Lipinski definition) is 1. The highest BCUT2D eigenvalue weighted by molar-refractivity contribution is 5.83. The highest BCUT2D eigenvalue weighted by atomic mass is 16.5. The summed E-state index contributed by atoms with van der Waals surface area (Å²) in [5.41, 5.74) is 0.783. The normalized spacial score (nSPS) is 15.0. The fourth-order valence-electron chi connectivity index (χ4n) is 1.35. The van der Waals surface area contributed by atoms with Gasteiger partial charge in [0.05, 0.1) is 12.3 Å². The van der Waals surface area contributed by atoms with Crippen LogP contribution in [-0.2, 0) is 0 Å². The first-order valence-corrected chi connectivity index (χ1v) is 4.95.